The van der Waals surface area contributed by atoms with Crippen molar-refractivity contribution in [1.29, 1.82) is 0 Å². The van der Waals surface area contributed by atoms with E-state index >= 15 is 0 Å². The van der Waals surface area contributed by atoms with E-state index in [-0.39, 0.29) is 5.91 Å². The van der Waals surface area contributed by atoms with E-state index in [4.69, 9.17) is 4.98 Å². The number of pyridine rings is 1. The maximum absolute atomic E-state index is 13.2. The minimum absolute atomic E-state index is 0.227. The van der Waals surface area contributed by atoms with E-state index in [1.807, 2.05) is 66.6 Å². The van der Waals surface area contributed by atoms with Gasteiger partial charge in [0.05, 0.1) is 29.5 Å². The summed E-state index contributed by atoms with van der Waals surface area (Å²) in [7, 11) is 1.85. The average Bonchev–Trinajstić information content (AvgIpc) is 3.43. The third kappa shape index (κ3) is 3.88. The second kappa shape index (κ2) is 8.11. The highest BCUT2D eigenvalue weighted by molar-refractivity contribution is 6.12. The highest BCUT2D eigenvalue weighted by atomic mass is 16.1. The standard InChI is InChI=1S/C25H22N6O/c1-17-7-3-4-8-18(17)16-31-12-11-24(29-31)28-25(32)21-13-23(19-14-26-30(2)15-19)27-22-10-6-5-9-20(21)22/h3-15H,16H2,1-2H3,(H,28,29,32). The number of carbonyl (C=O) groups excluding carboxylic acids is 1. The Balaban J connectivity index is 1.44. The lowest BCUT2D eigenvalue weighted by Crippen LogP contribution is -2.14. The predicted octanol–water partition coefficient (Wildman–Crippen LogP) is 4.44. The summed E-state index contributed by atoms with van der Waals surface area (Å²) in [4.78, 5) is 17.9. The molecule has 1 N–H and O–H groups in total. The number of aryl methyl sites for hydroxylation is 2. The summed E-state index contributed by atoms with van der Waals surface area (Å²) in [6, 6.07) is 19.4. The Bertz CT molecular complexity index is 1430. The van der Waals surface area contributed by atoms with Gasteiger partial charge in [-0.2, -0.15) is 10.2 Å². The lowest BCUT2D eigenvalue weighted by atomic mass is 10.0. The van der Waals surface area contributed by atoms with E-state index in [1.165, 1.54) is 11.1 Å². The maximum Gasteiger partial charge on any atom is 0.257 e. The zero-order chi connectivity index (χ0) is 22.1. The molecule has 158 valence electrons. The predicted molar refractivity (Wildman–Crippen MR) is 124 cm³/mol. The van der Waals surface area contributed by atoms with Crippen LogP contribution >= 0.6 is 0 Å². The number of aromatic nitrogens is 5. The number of amides is 1. The monoisotopic (exact) mass is 422 g/mol. The first-order chi connectivity index (χ1) is 15.6. The van der Waals surface area contributed by atoms with Crippen molar-refractivity contribution < 1.29 is 4.79 Å². The molecule has 0 atom stereocenters. The molecule has 0 aliphatic carbocycles. The molecule has 0 spiro atoms. The molecule has 0 saturated carbocycles. The van der Waals surface area contributed by atoms with Gasteiger partial charge in [-0.15, -0.1) is 0 Å². The third-order valence-electron chi connectivity index (χ3n) is 5.44. The highest BCUT2D eigenvalue weighted by Crippen LogP contribution is 2.25. The Morgan fingerprint density at radius 1 is 1.06 bits per heavy atom. The van der Waals surface area contributed by atoms with Gasteiger partial charge in [-0.3, -0.25) is 14.2 Å². The van der Waals surface area contributed by atoms with Crippen LogP contribution in [0.4, 0.5) is 5.82 Å². The van der Waals surface area contributed by atoms with Crippen LogP contribution in [0.2, 0.25) is 0 Å². The zero-order valence-electron chi connectivity index (χ0n) is 17.9. The summed E-state index contributed by atoms with van der Waals surface area (Å²) in [6.07, 6.45) is 5.49. The second-order valence-corrected chi connectivity index (χ2v) is 7.75. The van der Waals surface area contributed by atoms with E-state index in [2.05, 4.69) is 34.6 Å². The maximum atomic E-state index is 13.2. The number of benzene rings is 2. The Morgan fingerprint density at radius 3 is 2.69 bits per heavy atom. The molecule has 0 radical (unpaired) electrons. The molecule has 0 aliphatic heterocycles. The molecule has 0 saturated heterocycles. The van der Waals surface area contributed by atoms with Gasteiger partial charge in [0.15, 0.2) is 5.82 Å². The molecule has 7 nitrogen and oxygen atoms in total. The Hall–Kier alpha value is -4.26. The van der Waals surface area contributed by atoms with Crippen molar-refractivity contribution in [2.24, 2.45) is 7.05 Å². The van der Waals surface area contributed by atoms with Crippen molar-refractivity contribution in [2.45, 2.75) is 13.5 Å². The van der Waals surface area contributed by atoms with Crippen LogP contribution < -0.4 is 5.32 Å². The summed E-state index contributed by atoms with van der Waals surface area (Å²) < 4.78 is 3.54. The molecule has 0 aliphatic rings. The molecule has 2 aromatic carbocycles. The van der Waals surface area contributed by atoms with Crippen molar-refractivity contribution in [2.75, 3.05) is 5.32 Å². The summed E-state index contributed by atoms with van der Waals surface area (Å²) in [5.41, 5.74) is 5.25. The van der Waals surface area contributed by atoms with E-state index in [1.54, 1.807) is 16.9 Å². The van der Waals surface area contributed by atoms with Crippen molar-refractivity contribution >= 4 is 22.6 Å². The fourth-order valence-electron chi connectivity index (χ4n) is 3.73. The normalized spacial score (nSPS) is 11.1. The minimum atomic E-state index is -0.227. The molecular weight excluding hydrogens is 400 g/mol. The van der Waals surface area contributed by atoms with Gasteiger partial charge in [0.2, 0.25) is 0 Å². The first-order valence-electron chi connectivity index (χ1n) is 10.3. The molecule has 0 fully saturated rings. The molecule has 32 heavy (non-hydrogen) atoms. The first kappa shape index (κ1) is 19.7. The van der Waals surface area contributed by atoms with Gasteiger partial charge in [-0.05, 0) is 30.2 Å². The van der Waals surface area contributed by atoms with Crippen molar-refractivity contribution in [1.82, 2.24) is 24.5 Å². The van der Waals surface area contributed by atoms with Crippen molar-refractivity contribution in [3.05, 3.63) is 95.9 Å². The van der Waals surface area contributed by atoms with E-state index in [0.29, 0.717) is 23.6 Å². The van der Waals surface area contributed by atoms with Crippen LogP contribution in [0.3, 0.4) is 0 Å². The van der Waals surface area contributed by atoms with Gasteiger partial charge in [-0.25, -0.2) is 4.98 Å². The third-order valence-corrected chi connectivity index (χ3v) is 5.44. The van der Waals surface area contributed by atoms with E-state index in [0.717, 1.165) is 16.5 Å². The van der Waals surface area contributed by atoms with Crippen LogP contribution in [-0.4, -0.2) is 30.5 Å². The summed E-state index contributed by atoms with van der Waals surface area (Å²) in [5.74, 6) is 0.280. The average molecular weight is 422 g/mol. The fraction of sp³-hybridized carbons (Fsp3) is 0.120. The largest absolute Gasteiger partial charge is 0.305 e. The number of hydrogen-bond acceptors (Lipinski definition) is 4. The quantitative estimate of drug-likeness (QED) is 0.454. The molecule has 5 aromatic rings. The molecule has 7 heteroatoms. The second-order valence-electron chi connectivity index (χ2n) is 7.75. The number of nitrogens with one attached hydrogen (secondary N) is 1. The van der Waals surface area contributed by atoms with Crippen molar-refractivity contribution in [3.8, 4) is 11.3 Å². The number of fused-ring (bicyclic) bond motifs is 1. The van der Waals surface area contributed by atoms with E-state index in [9.17, 15) is 4.79 Å². The highest BCUT2D eigenvalue weighted by Gasteiger charge is 2.16. The van der Waals surface area contributed by atoms with Crippen LogP contribution in [0.25, 0.3) is 22.2 Å². The zero-order valence-corrected chi connectivity index (χ0v) is 17.9. The van der Waals surface area contributed by atoms with Gasteiger partial charge in [0.25, 0.3) is 5.91 Å². The van der Waals surface area contributed by atoms with Crippen LogP contribution in [0.1, 0.15) is 21.5 Å². The smallest absolute Gasteiger partial charge is 0.257 e. The lowest BCUT2D eigenvalue weighted by molar-refractivity contribution is 0.102. The van der Waals surface area contributed by atoms with Crippen LogP contribution in [0.15, 0.2) is 79.3 Å². The number of anilines is 1. The van der Waals surface area contributed by atoms with E-state index < -0.39 is 0 Å². The Labute approximate surface area is 185 Å². The molecule has 3 aromatic heterocycles. The van der Waals surface area contributed by atoms with Crippen LogP contribution in [0.5, 0.6) is 0 Å². The molecule has 5 rings (SSSR count). The topological polar surface area (TPSA) is 77.6 Å². The molecular formula is C25H22N6O. The van der Waals surface area contributed by atoms with Crippen LogP contribution in [-0.2, 0) is 13.6 Å². The van der Waals surface area contributed by atoms with Crippen molar-refractivity contribution in [3.63, 3.8) is 0 Å². The minimum Gasteiger partial charge on any atom is -0.305 e. The molecule has 1 amide bonds. The Morgan fingerprint density at radius 2 is 1.88 bits per heavy atom. The molecule has 3 heterocycles. The molecule has 0 unspecified atom stereocenters. The SMILES string of the molecule is Cc1ccccc1Cn1ccc(NC(=O)c2cc(-c3cnn(C)c3)nc3ccccc23)n1. The number of hydrogen-bond donors (Lipinski definition) is 1. The van der Waals surface area contributed by atoms with Crippen LogP contribution in [0, 0.1) is 6.92 Å². The summed E-state index contributed by atoms with van der Waals surface area (Å²) >= 11 is 0. The van der Waals surface area contributed by atoms with Gasteiger partial charge >= 0.3 is 0 Å². The Kier molecular flexibility index (Phi) is 4.99. The van der Waals surface area contributed by atoms with Gasteiger partial charge < -0.3 is 5.32 Å². The number of carbonyl (C=O) groups is 1. The lowest BCUT2D eigenvalue weighted by Gasteiger charge is -2.09. The fourth-order valence-corrected chi connectivity index (χ4v) is 3.73. The summed E-state index contributed by atoms with van der Waals surface area (Å²) in [5, 5.41) is 12.5. The van der Waals surface area contributed by atoms with Gasteiger partial charge in [0, 0.05) is 36.5 Å². The number of rotatable bonds is 5. The number of nitrogens with zero attached hydrogens (tertiary/aromatic N) is 5. The first-order valence-corrected chi connectivity index (χ1v) is 10.3. The van der Waals surface area contributed by atoms with Gasteiger partial charge in [-0.1, -0.05) is 42.5 Å². The van der Waals surface area contributed by atoms with Gasteiger partial charge in [0.1, 0.15) is 0 Å². The number of para-hydroxylation sites is 1. The molecule has 0 bridgehead atoms. The summed E-state index contributed by atoms with van der Waals surface area (Å²) in [6.45, 7) is 2.72.